The number of nitrogens with zero attached hydrogens (tertiary/aromatic N) is 5. The maximum absolute atomic E-state index is 16.9. The molecule has 0 unspecified atom stereocenters. The molecule has 4 aliphatic rings. The number of phenols is 1. The van der Waals surface area contributed by atoms with Crippen molar-refractivity contribution >= 4 is 27.5 Å². The van der Waals surface area contributed by atoms with Crippen LogP contribution in [0.3, 0.4) is 0 Å². The lowest BCUT2D eigenvalue weighted by Gasteiger charge is -2.56. The Morgan fingerprint density at radius 3 is 2.50 bits per heavy atom. The van der Waals surface area contributed by atoms with Crippen LogP contribution in [-0.2, 0) is 6.42 Å². The second-order valence-corrected chi connectivity index (χ2v) is 14.6. The number of hydrogen-bond acceptors (Lipinski definition) is 8. The molecule has 2 aromatic carbocycles. The summed E-state index contributed by atoms with van der Waals surface area (Å²) in [6, 6.07) is 6.11. The largest absolute Gasteiger partial charge is 0.508 e. The van der Waals surface area contributed by atoms with Gasteiger partial charge in [-0.2, -0.15) is 9.97 Å². The molecule has 0 atom stereocenters. The highest BCUT2D eigenvalue weighted by Crippen LogP contribution is 2.54. The zero-order chi connectivity index (χ0) is 31.8. The molecule has 3 aliphatic heterocycles. The Bertz CT molecular complexity index is 1850. The smallest absolute Gasteiger partial charge is 0.319 e. The monoisotopic (exact) mass is 629 g/mol. The number of aromatic hydroxyl groups is 1. The number of anilines is 1. The summed E-state index contributed by atoms with van der Waals surface area (Å²) in [6.45, 7) is 7.76. The van der Waals surface area contributed by atoms with Crippen molar-refractivity contribution in [1.29, 1.82) is 0 Å². The van der Waals surface area contributed by atoms with Crippen LogP contribution < -0.4 is 9.64 Å². The Morgan fingerprint density at radius 2 is 1.76 bits per heavy atom. The fourth-order valence-electron chi connectivity index (χ4n) is 9.45. The van der Waals surface area contributed by atoms with E-state index in [0.717, 1.165) is 71.0 Å². The Morgan fingerprint density at radius 1 is 1.00 bits per heavy atom. The van der Waals surface area contributed by atoms with Crippen molar-refractivity contribution in [3.05, 3.63) is 47.7 Å². The van der Waals surface area contributed by atoms with Crippen LogP contribution in [-0.4, -0.2) is 74.0 Å². The lowest BCUT2D eigenvalue weighted by molar-refractivity contribution is -0.119. The van der Waals surface area contributed by atoms with Gasteiger partial charge in [0.15, 0.2) is 5.82 Å². The van der Waals surface area contributed by atoms with E-state index in [1.807, 2.05) is 13.8 Å². The van der Waals surface area contributed by atoms with Crippen LogP contribution in [0, 0.1) is 17.0 Å². The minimum absolute atomic E-state index is 0.00851. The Kier molecular flexibility index (Phi) is 6.92. The highest BCUT2D eigenvalue weighted by Gasteiger charge is 2.52. The van der Waals surface area contributed by atoms with Gasteiger partial charge in [0, 0.05) is 24.8 Å². The third-order valence-electron chi connectivity index (χ3n) is 11.2. The van der Waals surface area contributed by atoms with Crippen LogP contribution in [0.5, 0.6) is 11.8 Å². The maximum atomic E-state index is 16.9. The lowest BCUT2D eigenvalue weighted by Crippen LogP contribution is -2.57. The number of phenolic OH excluding ortho intramolecular Hbond substituents is 1. The summed E-state index contributed by atoms with van der Waals surface area (Å²) in [7, 11) is 0. The summed E-state index contributed by atoms with van der Waals surface area (Å²) in [6.07, 6.45) is 9.79. The van der Waals surface area contributed by atoms with Crippen LogP contribution >= 0.6 is 0 Å². The van der Waals surface area contributed by atoms with Crippen molar-refractivity contribution < 1.29 is 23.7 Å². The first-order valence-electron chi connectivity index (χ1n) is 16.8. The molecule has 46 heavy (non-hydrogen) atoms. The van der Waals surface area contributed by atoms with Gasteiger partial charge in [-0.05, 0) is 118 Å². The molecular formula is C36H41F2N5O3. The number of fused-ring (bicyclic) bond motifs is 3. The third-order valence-corrected chi connectivity index (χ3v) is 11.2. The number of aromatic nitrogens is 3. The van der Waals surface area contributed by atoms with E-state index >= 15 is 4.39 Å². The number of ether oxygens (including phenoxy) is 1. The minimum atomic E-state index is -0.665. The van der Waals surface area contributed by atoms with Crippen molar-refractivity contribution in [3.63, 3.8) is 0 Å². The number of aliphatic hydroxyl groups is 1. The SMILES string of the molecule is CCc1c(F)ccc2cc(O)cc(-c3ncc4c(N5CCC[C@]6(C5)C[C@](C)(O)C6)nc(OCC56CCCN5CCC6)nc4c3F)c12. The first-order chi connectivity index (χ1) is 22.1. The number of halogens is 2. The molecule has 1 aliphatic carbocycles. The number of benzene rings is 2. The van der Waals surface area contributed by atoms with Crippen molar-refractivity contribution in [2.75, 3.05) is 37.7 Å². The third kappa shape index (κ3) is 4.78. The van der Waals surface area contributed by atoms with E-state index in [9.17, 15) is 14.6 Å². The second-order valence-electron chi connectivity index (χ2n) is 14.6. The Labute approximate surface area is 267 Å². The average molecular weight is 630 g/mol. The van der Waals surface area contributed by atoms with Gasteiger partial charge in [0.1, 0.15) is 35.2 Å². The van der Waals surface area contributed by atoms with E-state index in [2.05, 4.69) is 19.8 Å². The molecule has 0 radical (unpaired) electrons. The first kappa shape index (κ1) is 29.8. The van der Waals surface area contributed by atoms with E-state index in [1.165, 1.54) is 12.1 Å². The molecule has 10 heteroatoms. The van der Waals surface area contributed by atoms with Crippen LogP contribution in [0.15, 0.2) is 30.5 Å². The van der Waals surface area contributed by atoms with Crippen molar-refractivity contribution in [2.45, 2.75) is 82.8 Å². The minimum Gasteiger partial charge on any atom is -0.508 e. The first-order valence-corrected chi connectivity index (χ1v) is 16.8. The van der Waals surface area contributed by atoms with E-state index < -0.39 is 11.4 Å². The highest BCUT2D eigenvalue weighted by atomic mass is 19.1. The summed E-state index contributed by atoms with van der Waals surface area (Å²) >= 11 is 0. The highest BCUT2D eigenvalue weighted by molar-refractivity contribution is 6.01. The second kappa shape index (κ2) is 10.7. The molecule has 8 rings (SSSR count). The standard InChI is InChI=1S/C36H41F2N5O3/c1-3-24-27(37)8-7-22-15-23(44)16-25(28(22)24)30-29(38)31-26(17-39-30)32(42-12-4-9-35(20-42)18-34(2,45)19-35)41-33(40-31)46-21-36-10-5-13-43(36)14-6-11-36/h7-8,15-17,44-45H,3-6,9-14,18-21H2,1-2H3/t34-,35-. The van der Waals surface area contributed by atoms with Gasteiger partial charge in [-0.15, -0.1) is 0 Å². The summed E-state index contributed by atoms with van der Waals surface area (Å²) in [4.78, 5) is 18.9. The number of rotatable bonds is 6. The molecule has 2 N–H and O–H groups in total. The molecule has 1 saturated carbocycles. The van der Waals surface area contributed by atoms with Crippen molar-refractivity contribution in [2.24, 2.45) is 5.41 Å². The summed E-state index contributed by atoms with van der Waals surface area (Å²) < 4.78 is 38.3. The summed E-state index contributed by atoms with van der Waals surface area (Å²) in [5, 5.41) is 22.8. The van der Waals surface area contributed by atoms with Crippen molar-refractivity contribution in [3.8, 4) is 23.0 Å². The van der Waals surface area contributed by atoms with Crippen LogP contribution in [0.25, 0.3) is 32.9 Å². The zero-order valence-corrected chi connectivity index (χ0v) is 26.6. The molecule has 8 nitrogen and oxygen atoms in total. The molecule has 0 bridgehead atoms. The molecular weight excluding hydrogens is 588 g/mol. The Balaban J connectivity index is 1.26. The molecule has 2 aromatic heterocycles. The van der Waals surface area contributed by atoms with Gasteiger partial charge in [0.25, 0.3) is 0 Å². The van der Waals surface area contributed by atoms with Gasteiger partial charge in [0.2, 0.25) is 0 Å². The van der Waals surface area contributed by atoms with E-state index in [1.54, 1.807) is 18.3 Å². The van der Waals surface area contributed by atoms with Gasteiger partial charge in [-0.3, -0.25) is 9.88 Å². The molecule has 3 saturated heterocycles. The van der Waals surface area contributed by atoms with E-state index in [0.29, 0.717) is 52.7 Å². The molecule has 4 aromatic rings. The topological polar surface area (TPSA) is 94.8 Å². The van der Waals surface area contributed by atoms with Gasteiger partial charge in [-0.25, -0.2) is 8.78 Å². The van der Waals surface area contributed by atoms with Gasteiger partial charge >= 0.3 is 6.01 Å². The molecule has 1 spiro atoms. The van der Waals surface area contributed by atoms with Gasteiger partial charge in [0.05, 0.1) is 16.5 Å². The quantitative estimate of drug-likeness (QED) is 0.249. The molecule has 0 amide bonds. The number of aryl methyl sites for hydroxylation is 1. The number of piperidine rings is 1. The predicted octanol–water partition coefficient (Wildman–Crippen LogP) is 6.53. The zero-order valence-electron chi connectivity index (χ0n) is 26.6. The fourth-order valence-corrected chi connectivity index (χ4v) is 9.45. The van der Waals surface area contributed by atoms with Gasteiger partial charge < -0.3 is 19.8 Å². The maximum Gasteiger partial charge on any atom is 0.319 e. The van der Waals surface area contributed by atoms with Crippen molar-refractivity contribution in [1.82, 2.24) is 19.9 Å². The van der Waals surface area contributed by atoms with E-state index in [4.69, 9.17) is 9.72 Å². The number of hydrogen-bond donors (Lipinski definition) is 2. The normalized spacial score (nSPS) is 25.8. The fraction of sp³-hybridized carbons (Fsp3) is 0.528. The molecule has 242 valence electrons. The lowest BCUT2D eigenvalue weighted by atomic mass is 9.56. The average Bonchev–Trinajstić information content (AvgIpc) is 3.60. The van der Waals surface area contributed by atoms with E-state index in [-0.39, 0.29) is 39.7 Å². The van der Waals surface area contributed by atoms with Crippen LogP contribution in [0.1, 0.15) is 70.8 Å². The van der Waals surface area contributed by atoms with Crippen LogP contribution in [0.2, 0.25) is 0 Å². The molecule has 4 fully saturated rings. The predicted molar refractivity (Wildman–Crippen MR) is 173 cm³/mol. The van der Waals surface area contributed by atoms with Crippen LogP contribution in [0.4, 0.5) is 14.6 Å². The Hall–Kier alpha value is -3.63. The summed E-state index contributed by atoms with van der Waals surface area (Å²) in [5.41, 5.74) is 0.118. The van der Waals surface area contributed by atoms with Gasteiger partial charge in [-0.1, -0.05) is 13.0 Å². The number of pyridine rings is 1. The molecule has 5 heterocycles. The summed E-state index contributed by atoms with van der Waals surface area (Å²) in [5.74, 6) is -0.526.